The Bertz CT molecular complexity index is 1010. The van der Waals surface area contributed by atoms with Gasteiger partial charge < -0.3 is 20.9 Å². The van der Waals surface area contributed by atoms with Gasteiger partial charge in [-0.3, -0.25) is 0 Å². The van der Waals surface area contributed by atoms with Crippen LogP contribution in [0.2, 0.25) is 0 Å². The first-order valence-electron chi connectivity index (χ1n) is 8.88. The molecule has 2 heterocycles. The van der Waals surface area contributed by atoms with E-state index in [1.807, 2.05) is 43.3 Å². The van der Waals surface area contributed by atoms with Crippen LogP contribution in [0.1, 0.15) is 22.9 Å². The number of rotatable bonds is 6. The lowest BCUT2D eigenvalue weighted by atomic mass is 9.99. The normalized spacial score (nSPS) is 10.8. The van der Waals surface area contributed by atoms with Gasteiger partial charge in [-0.15, -0.1) is 0 Å². The Hall–Kier alpha value is -3.87. The lowest BCUT2D eigenvalue weighted by Gasteiger charge is -2.21. The summed E-state index contributed by atoms with van der Waals surface area (Å²) in [5.74, 6) is 2.24. The van der Waals surface area contributed by atoms with Crippen molar-refractivity contribution in [1.29, 1.82) is 0 Å². The van der Waals surface area contributed by atoms with E-state index in [9.17, 15) is 0 Å². The number of nitrogens with two attached hydrogens (primary N) is 1. The first-order chi connectivity index (χ1) is 13.7. The van der Waals surface area contributed by atoms with Gasteiger partial charge in [0.25, 0.3) is 0 Å². The van der Waals surface area contributed by atoms with E-state index >= 15 is 0 Å². The molecule has 0 unspecified atom stereocenters. The third kappa shape index (κ3) is 3.78. The summed E-state index contributed by atoms with van der Waals surface area (Å²) in [6.45, 7) is 1.82. The van der Waals surface area contributed by atoms with E-state index in [1.165, 1.54) is 6.33 Å². The van der Waals surface area contributed by atoms with Crippen molar-refractivity contribution in [3.8, 4) is 0 Å². The molecule has 0 saturated heterocycles. The molecule has 4 aromatic rings. The Labute approximate surface area is 162 Å². The van der Waals surface area contributed by atoms with E-state index in [4.69, 9.17) is 10.3 Å². The maximum atomic E-state index is 6.33. The highest BCUT2D eigenvalue weighted by atomic mass is 16.5. The zero-order chi connectivity index (χ0) is 19.3. The summed E-state index contributed by atoms with van der Waals surface area (Å²) in [5.41, 5.74) is 8.95. The molecule has 140 valence electrons. The molecule has 4 rings (SSSR count). The van der Waals surface area contributed by atoms with E-state index in [0.717, 1.165) is 11.1 Å². The Morgan fingerprint density at radius 2 is 1.50 bits per heavy atom. The highest BCUT2D eigenvalue weighted by Crippen LogP contribution is 2.31. The molecule has 2 aromatic carbocycles. The number of aromatic nitrogens is 3. The molecule has 0 radical (unpaired) electrons. The third-order valence-electron chi connectivity index (χ3n) is 4.31. The summed E-state index contributed by atoms with van der Waals surface area (Å²) in [4.78, 5) is 8.57. The van der Waals surface area contributed by atoms with Gasteiger partial charge in [0.05, 0.1) is 6.04 Å². The van der Waals surface area contributed by atoms with E-state index in [1.54, 1.807) is 6.07 Å². The first-order valence-corrected chi connectivity index (χ1v) is 8.88. The molecule has 0 saturated carbocycles. The minimum Gasteiger partial charge on any atom is -0.393 e. The van der Waals surface area contributed by atoms with Crippen LogP contribution in [0.15, 0.2) is 77.6 Å². The molecular formula is C21H20N6O. The van der Waals surface area contributed by atoms with Crippen LogP contribution >= 0.6 is 0 Å². The van der Waals surface area contributed by atoms with Crippen LogP contribution in [0.3, 0.4) is 0 Å². The van der Waals surface area contributed by atoms with Crippen LogP contribution in [0.25, 0.3) is 0 Å². The Balaban J connectivity index is 1.66. The fraction of sp³-hybridized carbons (Fsp3) is 0.0952. The van der Waals surface area contributed by atoms with Crippen LogP contribution in [-0.4, -0.2) is 15.1 Å². The smallest absolute Gasteiger partial charge is 0.175 e. The molecule has 0 amide bonds. The molecular weight excluding hydrogens is 352 g/mol. The second kappa shape index (κ2) is 7.79. The molecule has 0 aliphatic rings. The Morgan fingerprint density at radius 1 is 0.893 bits per heavy atom. The van der Waals surface area contributed by atoms with Crippen molar-refractivity contribution in [2.24, 2.45) is 0 Å². The summed E-state index contributed by atoms with van der Waals surface area (Å²) >= 11 is 0. The molecule has 0 fully saturated rings. The molecule has 0 aliphatic heterocycles. The average Bonchev–Trinajstić information content (AvgIpc) is 3.14. The van der Waals surface area contributed by atoms with Gasteiger partial charge in [0.15, 0.2) is 17.5 Å². The Morgan fingerprint density at radius 3 is 2.07 bits per heavy atom. The highest BCUT2D eigenvalue weighted by molar-refractivity contribution is 5.77. The molecule has 7 nitrogen and oxygen atoms in total. The maximum absolute atomic E-state index is 6.33. The maximum Gasteiger partial charge on any atom is 0.175 e. The molecule has 0 aliphatic carbocycles. The molecule has 0 spiro atoms. The molecule has 0 atom stereocenters. The molecule has 28 heavy (non-hydrogen) atoms. The van der Waals surface area contributed by atoms with Gasteiger partial charge in [-0.05, 0) is 18.1 Å². The van der Waals surface area contributed by atoms with E-state index in [-0.39, 0.29) is 6.04 Å². The van der Waals surface area contributed by atoms with Crippen LogP contribution in [-0.2, 0) is 0 Å². The molecule has 2 aromatic heterocycles. The first kappa shape index (κ1) is 17.5. The predicted molar refractivity (Wildman–Crippen MR) is 109 cm³/mol. The lowest BCUT2D eigenvalue weighted by Crippen LogP contribution is -2.15. The summed E-state index contributed by atoms with van der Waals surface area (Å²) in [7, 11) is 0. The quantitative estimate of drug-likeness (QED) is 0.464. The number of nitrogens with zero attached hydrogens (tertiary/aromatic N) is 3. The van der Waals surface area contributed by atoms with Gasteiger partial charge in [-0.2, -0.15) is 0 Å². The standard InChI is InChI=1S/C21H20N6O/c1-14-12-17(27-28-14)25-20-18(22)21(24-13-23-20)26-19(15-8-4-2-5-9-15)16-10-6-3-7-11-16/h2-13,19H,22H2,1H3,(H2,23,24,25,26,27). The van der Waals surface area contributed by atoms with Crippen molar-refractivity contribution in [3.05, 3.63) is 89.9 Å². The monoisotopic (exact) mass is 372 g/mol. The summed E-state index contributed by atoms with van der Waals surface area (Å²) in [6, 6.07) is 22.0. The van der Waals surface area contributed by atoms with E-state index in [0.29, 0.717) is 28.9 Å². The van der Waals surface area contributed by atoms with E-state index < -0.39 is 0 Å². The van der Waals surface area contributed by atoms with Crippen LogP contribution < -0.4 is 16.4 Å². The predicted octanol–water partition coefficient (Wildman–Crippen LogP) is 4.30. The van der Waals surface area contributed by atoms with Gasteiger partial charge >= 0.3 is 0 Å². The second-order valence-corrected chi connectivity index (χ2v) is 6.33. The number of hydrogen-bond acceptors (Lipinski definition) is 7. The topological polar surface area (TPSA) is 102 Å². The number of anilines is 4. The number of aryl methyl sites for hydroxylation is 1. The Kier molecular flexibility index (Phi) is 4.88. The van der Waals surface area contributed by atoms with Gasteiger partial charge in [0.2, 0.25) is 0 Å². The van der Waals surface area contributed by atoms with Gasteiger partial charge in [0, 0.05) is 6.07 Å². The van der Waals surface area contributed by atoms with Crippen molar-refractivity contribution in [2.75, 3.05) is 16.4 Å². The van der Waals surface area contributed by atoms with Gasteiger partial charge in [-0.25, -0.2) is 9.97 Å². The number of hydrogen-bond donors (Lipinski definition) is 3. The van der Waals surface area contributed by atoms with Crippen LogP contribution in [0.5, 0.6) is 0 Å². The van der Waals surface area contributed by atoms with Crippen molar-refractivity contribution in [1.82, 2.24) is 15.1 Å². The lowest BCUT2D eigenvalue weighted by molar-refractivity contribution is 0.400. The van der Waals surface area contributed by atoms with Crippen molar-refractivity contribution >= 4 is 23.1 Å². The number of nitrogens with one attached hydrogen (secondary N) is 2. The zero-order valence-electron chi connectivity index (χ0n) is 15.3. The molecule has 0 bridgehead atoms. The average molecular weight is 372 g/mol. The van der Waals surface area contributed by atoms with Gasteiger partial charge in [-0.1, -0.05) is 65.8 Å². The van der Waals surface area contributed by atoms with Crippen LogP contribution in [0.4, 0.5) is 23.1 Å². The van der Waals surface area contributed by atoms with Crippen molar-refractivity contribution < 1.29 is 4.52 Å². The van der Waals surface area contributed by atoms with Gasteiger partial charge in [0.1, 0.15) is 17.8 Å². The second-order valence-electron chi connectivity index (χ2n) is 6.33. The van der Waals surface area contributed by atoms with E-state index in [2.05, 4.69) is 50.0 Å². The van der Waals surface area contributed by atoms with Crippen LogP contribution in [0, 0.1) is 6.92 Å². The SMILES string of the molecule is Cc1cc(Nc2ncnc(NC(c3ccccc3)c3ccccc3)c2N)no1. The zero-order valence-corrected chi connectivity index (χ0v) is 15.3. The van der Waals surface area contributed by atoms with Crippen molar-refractivity contribution in [2.45, 2.75) is 13.0 Å². The summed E-state index contributed by atoms with van der Waals surface area (Å²) in [6.07, 6.45) is 1.46. The summed E-state index contributed by atoms with van der Waals surface area (Å²) < 4.78 is 5.07. The minimum atomic E-state index is -0.109. The highest BCUT2D eigenvalue weighted by Gasteiger charge is 2.17. The minimum absolute atomic E-state index is 0.109. The number of benzene rings is 2. The fourth-order valence-electron chi connectivity index (χ4n) is 2.94. The summed E-state index contributed by atoms with van der Waals surface area (Å²) in [5, 5.41) is 10.4. The third-order valence-corrected chi connectivity index (χ3v) is 4.31. The largest absolute Gasteiger partial charge is 0.393 e. The molecule has 4 N–H and O–H groups in total. The van der Waals surface area contributed by atoms with Crippen molar-refractivity contribution in [3.63, 3.8) is 0 Å². The fourth-order valence-corrected chi connectivity index (χ4v) is 2.94. The number of nitrogen functional groups attached to an aromatic ring is 1. The molecule has 7 heteroatoms.